The fourth-order valence-electron chi connectivity index (χ4n) is 1.68. The lowest BCUT2D eigenvalue weighted by atomic mass is 9.90. The Labute approximate surface area is 51.3 Å². The molecule has 2 heteroatoms. The molecule has 3 fully saturated rings. The molecule has 3 rings (SSSR count). The van der Waals surface area contributed by atoms with Crippen molar-refractivity contribution in [3.8, 4) is 0 Å². The highest BCUT2D eigenvalue weighted by Gasteiger charge is 2.37. The van der Waals surface area contributed by atoms with Gasteiger partial charge in [0.05, 0.1) is 0 Å². The Hall–Kier alpha value is -0.0800. The van der Waals surface area contributed by atoms with Crippen molar-refractivity contribution in [1.82, 2.24) is 10.2 Å². The van der Waals surface area contributed by atoms with Gasteiger partial charge in [-0.25, -0.2) is 0 Å². The summed E-state index contributed by atoms with van der Waals surface area (Å²) < 4.78 is 0. The van der Waals surface area contributed by atoms with Crippen molar-refractivity contribution in [3.05, 3.63) is 0 Å². The fourth-order valence-corrected chi connectivity index (χ4v) is 1.68. The number of hydrogen-bond acceptors (Lipinski definition) is 2. The second kappa shape index (κ2) is 1.45. The van der Waals surface area contributed by atoms with E-state index in [9.17, 15) is 0 Å². The molecule has 0 saturated carbocycles. The van der Waals surface area contributed by atoms with Crippen LogP contribution in [0.2, 0.25) is 0 Å². The van der Waals surface area contributed by atoms with Crippen LogP contribution in [0.25, 0.3) is 0 Å². The molecule has 48 valence electrons. The van der Waals surface area contributed by atoms with Gasteiger partial charge >= 0.3 is 0 Å². The van der Waals surface area contributed by atoms with E-state index >= 15 is 0 Å². The van der Waals surface area contributed by atoms with Crippen molar-refractivity contribution in [2.45, 2.75) is 18.5 Å². The van der Waals surface area contributed by atoms with Crippen LogP contribution in [0.4, 0.5) is 0 Å². The molecule has 0 amide bonds. The molecule has 1 N–H and O–H groups in total. The molecule has 2 unspecified atom stereocenters. The van der Waals surface area contributed by atoms with Gasteiger partial charge in [0.2, 0.25) is 0 Å². The van der Waals surface area contributed by atoms with Crippen LogP contribution in [0.15, 0.2) is 0 Å². The lowest BCUT2D eigenvalue weighted by Gasteiger charge is -2.51. The van der Waals surface area contributed by atoms with E-state index in [2.05, 4.69) is 17.3 Å². The largest absolute Gasteiger partial charge is 0.314 e. The van der Waals surface area contributed by atoms with E-state index in [-0.39, 0.29) is 1.43 Å². The summed E-state index contributed by atoms with van der Waals surface area (Å²) in [6.07, 6.45) is 1.43. The third kappa shape index (κ3) is 0.446. The third-order valence-electron chi connectivity index (χ3n) is 2.46. The molecule has 0 spiro atoms. The topological polar surface area (TPSA) is 15.3 Å². The summed E-state index contributed by atoms with van der Waals surface area (Å²) in [5, 5.41) is 3.37. The predicted molar refractivity (Wildman–Crippen MR) is 34.9 cm³/mol. The van der Waals surface area contributed by atoms with Gasteiger partial charge in [0.15, 0.2) is 0 Å². The van der Waals surface area contributed by atoms with Gasteiger partial charge in [-0.1, -0.05) is 0 Å². The van der Waals surface area contributed by atoms with Crippen molar-refractivity contribution in [2.75, 3.05) is 20.1 Å². The Balaban J connectivity index is 0.000000405. The maximum atomic E-state index is 3.37. The number of hydrogen-bond donors (Lipinski definition) is 1. The zero-order valence-electron chi connectivity index (χ0n) is 5.22. The number of likely N-dealkylation sites (N-methyl/N-ethyl adjacent to an activating group) is 1. The first-order chi connectivity index (χ1) is 3.88. The number of piperazine rings is 1. The van der Waals surface area contributed by atoms with Crippen LogP contribution < -0.4 is 5.32 Å². The predicted octanol–water partition coefficient (Wildman–Crippen LogP) is -0.0917. The standard InChI is InChI=1S/C6H12N2.H2/c1-8-5-2-6(8)4-7-3-5;/h5-7H,2-4H2,1H3;1H. The number of piperidine rings is 1. The maximum Gasteiger partial charge on any atom is 0.0236 e. The van der Waals surface area contributed by atoms with Gasteiger partial charge in [0, 0.05) is 26.6 Å². The Morgan fingerprint density at radius 3 is 2.38 bits per heavy atom. The van der Waals surface area contributed by atoms with Gasteiger partial charge in [-0.2, -0.15) is 0 Å². The van der Waals surface area contributed by atoms with Crippen LogP contribution in [-0.4, -0.2) is 37.1 Å². The molecule has 2 bridgehead atoms. The second-order valence-electron chi connectivity index (χ2n) is 2.87. The Bertz CT molecular complexity index is 93.2. The number of fused-ring (bicyclic) bond motifs is 2. The summed E-state index contributed by atoms with van der Waals surface area (Å²) in [4.78, 5) is 2.47. The van der Waals surface area contributed by atoms with Gasteiger partial charge in [-0.05, 0) is 13.5 Å². The van der Waals surface area contributed by atoms with Gasteiger partial charge in [0.1, 0.15) is 0 Å². The van der Waals surface area contributed by atoms with E-state index in [4.69, 9.17) is 0 Å². The van der Waals surface area contributed by atoms with Crippen molar-refractivity contribution >= 4 is 0 Å². The molecule has 3 heterocycles. The fraction of sp³-hybridized carbons (Fsp3) is 1.00. The quantitative estimate of drug-likeness (QED) is 0.473. The average Bonchev–Trinajstić information content (AvgIpc) is 1.89. The zero-order valence-corrected chi connectivity index (χ0v) is 5.22. The molecule has 2 atom stereocenters. The van der Waals surface area contributed by atoms with Crippen molar-refractivity contribution in [2.24, 2.45) is 0 Å². The lowest BCUT2D eigenvalue weighted by molar-refractivity contribution is 0.0125. The molecular weight excluding hydrogens is 100 g/mol. The first kappa shape index (κ1) is 4.77. The lowest BCUT2D eigenvalue weighted by Crippen LogP contribution is -2.66. The highest BCUT2D eigenvalue weighted by molar-refractivity contribution is 4.97. The second-order valence-corrected chi connectivity index (χ2v) is 2.87. The summed E-state index contributed by atoms with van der Waals surface area (Å²) in [5.41, 5.74) is 0. The molecule has 8 heavy (non-hydrogen) atoms. The van der Waals surface area contributed by atoms with E-state index in [1.807, 2.05) is 0 Å². The highest BCUT2D eigenvalue weighted by Crippen LogP contribution is 2.25. The molecule has 3 aliphatic heterocycles. The van der Waals surface area contributed by atoms with Crippen LogP contribution in [0.3, 0.4) is 0 Å². The van der Waals surface area contributed by atoms with Crippen LogP contribution in [-0.2, 0) is 0 Å². The van der Waals surface area contributed by atoms with E-state index in [1.54, 1.807) is 0 Å². The van der Waals surface area contributed by atoms with E-state index in [0.717, 1.165) is 12.1 Å². The summed E-state index contributed by atoms with van der Waals surface area (Å²) in [6.45, 7) is 2.43. The first-order valence-corrected chi connectivity index (χ1v) is 3.30. The van der Waals surface area contributed by atoms with Gasteiger partial charge in [-0.15, -0.1) is 0 Å². The average molecular weight is 114 g/mol. The zero-order chi connectivity index (χ0) is 5.56. The van der Waals surface area contributed by atoms with Crippen LogP contribution in [0.5, 0.6) is 0 Å². The van der Waals surface area contributed by atoms with E-state index in [0.29, 0.717) is 0 Å². The summed E-state index contributed by atoms with van der Waals surface area (Å²) in [6, 6.07) is 1.74. The molecule has 0 radical (unpaired) electrons. The molecule has 2 nitrogen and oxygen atoms in total. The summed E-state index contributed by atoms with van der Waals surface area (Å²) in [7, 11) is 2.22. The highest BCUT2D eigenvalue weighted by atomic mass is 15.3. The minimum Gasteiger partial charge on any atom is -0.314 e. The monoisotopic (exact) mass is 114 g/mol. The van der Waals surface area contributed by atoms with Crippen molar-refractivity contribution < 1.29 is 1.43 Å². The van der Waals surface area contributed by atoms with Gasteiger partial charge < -0.3 is 5.32 Å². The third-order valence-corrected chi connectivity index (χ3v) is 2.46. The molecular formula is C6H14N2. The maximum absolute atomic E-state index is 3.37. The smallest absolute Gasteiger partial charge is 0.0236 e. The van der Waals surface area contributed by atoms with Gasteiger partial charge in [-0.3, -0.25) is 4.90 Å². The summed E-state index contributed by atoms with van der Waals surface area (Å²) in [5.74, 6) is 0. The van der Waals surface area contributed by atoms with Crippen LogP contribution >= 0.6 is 0 Å². The van der Waals surface area contributed by atoms with Crippen LogP contribution in [0, 0.1) is 0 Å². The minimum atomic E-state index is 0. The Morgan fingerprint density at radius 2 is 2.12 bits per heavy atom. The Kier molecular flexibility index (Phi) is 0.866. The SMILES string of the molecule is CN1C2CNCC1C2.[HH]. The number of nitrogens with one attached hydrogen (secondary N) is 1. The minimum absolute atomic E-state index is 0. The number of rotatable bonds is 0. The molecule has 0 aromatic rings. The van der Waals surface area contributed by atoms with Crippen molar-refractivity contribution in [1.29, 1.82) is 0 Å². The molecule has 0 aliphatic carbocycles. The molecule has 3 saturated heterocycles. The van der Waals surface area contributed by atoms with E-state index < -0.39 is 0 Å². The number of nitrogens with zero attached hydrogens (tertiary/aromatic N) is 1. The summed E-state index contributed by atoms with van der Waals surface area (Å²) >= 11 is 0. The molecule has 0 aromatic carbocycles. The molecule has 3 aliphatic rings. The first-order valence-electron chi connectivity index (χ1n) is 3.30. The van der Waals surface area contributed by atoms with E-state index in [1.165, 1.54) is 19.5 Å². The normalized spacial score (nSPS) is 46.1. The van der Waals surface area contributed by atoms with Gasteiger partial charge in [0.25, 0.3) is 0 Å². The molecule has 0 aromatic heterocycles. The Morgan fingerprint density at radius 1 is 1.50 bits per heavy atom. The van der Waals surface area contributed by atoms with Crippen LogP contribution in [0.1, 0.15) is 7.85 Å². The van der Waals surface area contributed by atoms with Crippen molar-refractivity contribution in [3.63, 3.8) is 0 Å².